The van der Waals surface area contributed by atoms with Crippen molar-refractivity contribution in [2.24, 2.45) is 0 Å². The lowest BCUT2D eigenvalue weighted by Gasteiger charge is -2.10. The molecule has 1 aliphatic heterocycles. The molecule has 0 saturated heterocycles. The van der Waals surface area contributed by atoms with Crippen LogP contribution in [0.4, 0.5) is 0 Å². The van der Waals surface area contributed by atoms with E-state index in [2.05, 4.69) is 9.71 Å². The molecule has 0 spiro atoms. The van der Waals surface area contributed by atoms with Crippen LogP contribution in [0.3, 0.4) is 0 Å². The Morgan fingerprint density at radius 2 is 2.09 bits per heavy atom. The molecule has 0 aliphatic carbocycles. The molecule has 0 radical (unpaired) electrons. The first-order chi connectivity index (χ1) is 11.4. The summed E-state index contributed by atoms with van der Waals surface area (Å²) in [4.78, 5) is 5.38. The monoisotopic (exact) mass is 342 g/mol. The van der Waals surface area contributed by atoms with Gasteiger partial charge in [-0.15, -0.1) is 11.3 Å². The lowest BCUT2D eigenvalue weighted by Crippen LogP contribution is -2.10. The smallest absolute Gasteiger partial charge is 0.134 e. The molecule has 0 fully saturated rings. The van der Waals surface area contributed by atoms with Crippen LogP contribution in [0, 0.1) is 0 Å². The standard InChI is InChI=1S/C17H14N2O2S2/c1-2-12(17-18-7-9-22-17)10-13(3-1)21-14-4-5-15-16(11-14)23-19-6-8-20-15/h1-5,7,9-11,19H,6,8H2. The fourth-order valence-electron chi connectivity index (χ4n) is 2.28. The molecule has 0 bridgehead atoms. The van der Waals surface area contributed by atoms with Crippen LogP contribution in [0.5, 0.6) is 17.2 Å². The Morgan fingerprint density at radius 3 is 3.00 bits per heavy atom. The van der Waals surface area contributed by atoms with E-state index in [4.69, 9.17) is 9.47 Å². The minimum Gasteiger partial charge on any atom is -0.491 e. The van der Waals surface area contributed by atoms with Gasteiger partial charge in [0.1, 0.15) is 28.9 Å². The van der Waals surface area contributed by atoms with E-state index in [1.807, 2.05) is 54.0 Å². The normalized spacial score (nSPS) is 13.7. The number of rotatable bonds is 3. The fraction of sp³-hybridized carbons (Fsp3) is 0.118. The molecule has 0 atom stereocenters. The van der Waals surface area contributed by atoms with Crippen molar-refractivity contribution in [2.45, 2.75) is 4.90 Å². The van der Waals surface area contributed by atoms with E-state index in [1.165, 1.54) is 0 Å². The van der Waals surface area contributed by atoms with Gasteiger partial charge >= 0.3 is 0 Å². The minimum absolute atomic E-state index is 0.677. The summed E-state index contributed by atoms with van der Waals surface area (Å²) in [5, 5.41) is 2.96. The average molecular weight is 342 g/mol. The molecule has 116 valence electrons. The molecule has 1 aromatic heterocycles. The average Bonchev–Trinajstić information content (AvgIpc) is 3.01. The number of ether oxygens (including phenoxy) is 2. The van der Waals surface area contributed by atoms with Crippen LogP contribution in [-0.2, 0) is 0 Å². The zero-order valence-electron chi connectivity index (χ0n) is 12.2. The molecule has 0 saturated carbocycles. The first-order valence-electron chi connectivity index (χ1n) is 7.23. The molecule has 4 nitrogen and oxygen atoms in total. The summed E-state index contributed by atoms with van der Waals surface area (Å²) < 4.78 is 14.9. The highest BCUT2D eigenvalue weighted by Crippen LogP contribution is 2.35. The van der Waals surface area contributed by atoms with Crippen molar-refractivity contribution in [3.63, 3.8) is 0 Å². The van der Waals surface area contributed by atoms with E-state index in [-0.39, 0.29) is 0 Å². The lowest BCUT2D eigenvalue weighted by molar-refractivity contribution is 0.320. The molecule has 2 aromatic carbocycles. The number of benzene rings is 2. The summed E-state index contributed by atoms with van der Waals surface area (Å²) in [6.45, 7) is 1.50. The van der Waals surface area contributed by atoms with Crippen LogP contribution >= 0.6 is 23.3 Å². The lowest BCUT2D eigenvalue weighted by atomic mass is 10.2. The molecule has 1 aliphatic rings. The van der Waals surface area contributed by atoms with Crippen LogP contribution in [-0.4, -0.2) is 18.1 Å². The number of hydrogen-bond acceptors (Lipinski definition) is 6. The number of hydrogen-bond donors (Lipinski definition) is 1. The van der Waals surface area contributed by atoms with Gasteiger partial charge in [-0.1, -0.05) is 12.1 Å². The Hall–Kier alpha value is -2.02. The van der Waals surface area contributed by atoms with Crippen LogP contribution in [0.1, 0.15) is 0 Å². The summed E-state index contributed by atoms with van der Waals surface area (Å²) in [5.74, 6) is 2.48. The predicted octanol–water partition coefficient (Wildman–Crippen LogP) is 4.59. The van der Waals surface area contributed by atoms with Crippen molar-refractivity contribution < 1.29 is 9.47 Å². The third-order valence-corrected chi connectivity index (χ3v) is 5.02. The van der Waals surface area contributed by atoms with Gasteiger partial charge in [0.15, 0.2) is 0 Å². The summed E-state index contributed by atoms with van der Waals surface area (Å²) >= 11 is 3.19. The maximum atomic E-state index is 6.00. The van der Waals surface area contributed by atoms with E-state index in [0.717, 1.165) is 39.3 Å². The summed E-state index contributed by atoms with van der Waals surface area (Å²) in [5.41, 5.74) is 1.06. The van der Waals surface area contributed by atoms with Gasteiger partial charge in [-0.05, 0) is 42.3 Å². The van der Waals surface area contributed by atoms with Crippen molar-refractivity contribution in [2.75, 3.05) is 13.2 Å². The third-order valence-electron chi connectivity index (χ3n) is 3.31. The van der Waals surface area contributed by atoms with E-state index >= 15 is 0 Å². The second-order valence-corrected chi connectivity index (χ2v) is 6.75. The Kier molecular flexibility index (Phi) is 4.19. The maximum Gasteiger partial charge on any atom is 0.134 e. The van der Waals surface area contributed by atoms with Gasteiger partial charge in [0.05, 0.1) is 4.90 Å². The second-order valence-electron chi connectivity index (χ2n) is 4.92. The van der Waals surface area contributed by atoms with Gasteiger partial charge in [0.2, 0.25) is 0 Å². The first-order valence-corrected chi connectivity index (χ1v) is 8.92. The zero-order valence-corrected chi connectivity index (χ0v) is 13.8. The van der Waals surface area contributed by atoms with E-state index in [9.17, 15) is 0 Å². The van der Waals surface area contributed by atoms with Crippen LogP contribution < -0.4 is 14.2 Å². The third kappa shape index (κ3) is 3.34. The molecule has 0 amide bonds. The Balaban J connectivity index is 1.58. The molecule has 2 heterocycles. The van der Waals surface area contributed by atoms with Crippen LogP contribution in [0.15, 0.2) is 58.9 Å². The summed E-state index contributed by atoms with van der Waals surface area (Å²) in [6.07, 6.45) is 1.81. The zero-order chi connectivity index (χ0) is 15.5. The van der Waals surface area contributed by atoms with Gasteiger partial charge < -0.3 is 9.47 Å². The van der Waals surface area contributed by atoms with Gasteiger partial charge in [0, 0.05) is 23.7 Å². The van der Waals surface area contributed by atoms with Crippen molar-refractivity contribution in [3.8, 4) is 27.8 Å². The molecular formula is C17H14N2O2S2. The number of thiazole rings is 1. The Bertz CT molecular complexity index is 806. The summed E-state index contributed by atoms with van der Waals surface area (Å²) in [6, 6.07) is 13.9. The van der Waals surface area contributed by atoms with E-state index in [1.54, 1.807) is 23.3 Å². The highest BCUT2D eigenvalue weighted by molar-refractivity contribution is 7.97. The molecule has 6 heteroatoms. The number of aromatic nitrogens is 1. The predicted molar refractivity (Wildman–Crippen MR) is 93.4 cm³/mol. The molecule has 3 aromatic rings. The van der Waals surface area contributed by atoms with Crippen molar-refractivity contribution in [1.82, 2.24) is 9.71 Å². The largest absolute Gasteiger partial charge is 0.491 e. The van der Waals surface area contributed by atoms with Gasteiger partial charge in [-0.25, -0.2) is 4.98 Å². The SMILES string of the molecule is c1cc(Oc2ccc3c(c2)SNCCO3)cc(-c2nccs2)c1. The second kappa shape index (κ2) is 6.62. The maximum absolute atomic E-state index is 6.00. The highest BCUT2D eigenvalue weighted by Gasteiger charge is 2.11. The topological polar surface area (TPSA) is 43.4 Å². The number of nitrogens with one attached hydrogen (secondary N) is 1. The first kappa shape index (κ1) is 14.6. The molecule has 1 N–H and O–H groups in total. The molecule has 4 rings (SSSR count). The quantitative estimate of drug-likeness (QED) is 0.705. The van der Waals surface area contributed by atoms with E-state index < -0.39 is 0 Å². The van der Waals surface area contributed by atoms with Crippen molar-refractivity contribution >= 4 is 23.3 Å². The summed E-state index contributed by atoms with van der Waals surface area (Å²) in [7, 11) is 0. The Labute approximate surface area is 142 Å². The fourth-order valence-corrected chi connectivity index (χ4v) is 3.66. The van der Waals surface area contributed by atoms with Crippen LogP contribution in [0.25, 0.3) is 10.6 Å². The van der Waals surface area contributed by atoms with Crippen molar-refractivity contribution in [1.29, 1.82) is 0 Å². The van der Waals surface area contributed by atoms with Crippen molar-refractivity contribution in [3.05, 3.63) is 54.0 Å². The van der Waals surface area contributed by atoms with Crippen LogP contribution in [0.2, 0.25) is 0 Å². The number of fused-ring (bicyclic) bond motifs is 1. The molecular weight excluding hydrogens is 328 g/mol. The number of nitrogens with zero attached hydrogens (tertiary/aromatic N) is 1. The highest BCUT2D eigenvalue weighted by atomic mass is 32.2. The van der Waals surface area contributed by atoms with Gasteiger partial charge in [0.25, 0.3) is 0 Å². The van der Waals surface area contributed by atoms with E-state index in [0.29, 0.717) is 6.61 Å². The van der Waals surface area contributed by atoms with Gasteiger partial charge in [-0.3, -0.25) is 4.72 Å². The molecule has 0 unspecified atom stereocenters. The molecule has 23 heavy (non-hydrogen) atoms. The Morgan fingerprint density at radius 1 is 1.13 bits per heavy atom. The van der Waals surface area contributed by atoms with Gasteiger partial charge in [-0.2, -0.15) is 0 Å². The minimum atomic E-state index is 0.677.